The van der Waals surface area contributed by atoms with Gasteiger partial charge in [0, 0.05) is 18.5 Å². The van der Waals surface area contributed by atoms with Gasteiger partial charge in [0.25, 0.3) is 5.56 Å². The maximum atomic E-state index is 13.1. The molecule has 1 fully saturated rings. The summed E-state index contributed by atoms with van der Waals surface area (Å²) in [5.74, 6) is -0.0509. The number of para-hydroxylation sites is 1. The van der Waals surface area contributed by atoms with E-state index in [9.17, 15) is 9.59 Å². The number of nitrogens with zero attached hydrogens (tertiary/aromatic N) is 5. The molecule has 0 spiro atoms. The van der Waals surface area contributed by atoms with Gasteiger partial charge in [0.05, 0.1) is 17.6 Å². The summed E-state index contributed by atoms with van der Waals surface area (Å²) in [6.45, 7) is 5.31. The molecule has 1 aliphatic heterocycles. The van der Waals surface area contributed by atoms with Crippen molar-refractivity contribution in [1.82, 2.24) is 24.5 Å². The number of carbonyl (C=O) groups excluding carboxylic acids is 1. The Kier molecular flexibility index (Phi) is 4.51. The first-order chi connectivity index (χ1) is 13.1. The van der Waals surface area contributed by atoms with E-state index < -0.39 is 0 Å². The second kappa shape index (κ2) is 6.98. The molecule has 1 saturated heterocycles. The first-order valence-electron chi connectivity index (χ1n) is 9.35. The summed E-state index contributed by atoms with van der Waals surface area (Å²) in [6, 6.07) is 7.78. The molecule has 140 valence electrons. The van der Waals surface area contributed by atoms with Gasteiger partial charge in [-0.3, -0.25) is 9.59 Å². The van der Waals surface area contributed by atoms with E-state index in [1.54, 1.807) is 10.9 Å². The third-order valence-corrected chi connectivity index (χ3v) is 5.20. The van der Waals surface area contributed by atoms with Crippen LogP contribution in [-0.4, -0.2) is 43.5 Å². The first kappa shape index (κ1) is 17.5. The Morgan fingerprint density at radius 3 is 2.59 bits per heavy atom. The zero-order valence-corrected chi connectivity index (χ0v) is 15.7. The molecule has 0 unspecified atom stereocenters. The third-order valence-electron chi connectivity index (χ3n) is 5.20. The van der Waals surface area contributed by atoms with Crippen LogP contribution in [0.2, 0.25) is 0 Å². The van der Waals surface area contributed by atoms with E-state index in [2.05, 4.69) is 10.2 Å². The average Bonchev–Trinajstić information content (AvgIpc) is 3.12. The van der Waals surface area contributed by atoms with Gasteiger partial charge in [-0.05, 0) is 44.7 Å². The molecule has 1 aliphatic rings. The SMILES string of the molecule is Cc1ccccc1-n1ncc2c(C)nn(CC(=O)N3CCCCC3)c(=O)c21. The molecule has 0 saturated carbocycles. The van der Waals surface area contributed by atoms with E-state index in [0.717, 1.165) is 43.6 Å². The van der Waals surface area contributed by atoms with Crippen LogP contribution in [0.3, 0.4) is 0 Å². The quantitative estimate of drug-likeness (QED) is 0.713. The second-order valence-corrected chi connectivity index (χ2v) is 7.09. The van der Waals surface area contributed by atoms with Crippen molar-refractivity contribution in [1.29, 1.82) is 0 Å². The Morgan fingerprint density at radius 1 is 1.11 bits per heavy atom. The van der Waals surface area contributed by atoms with Crippen LogP contribution in [0, 0.1) is 13.8 Å². The summed E-state index contributed by atoms with van der Waals surface area (Å²) in [5, 5.41) is 9.51. The number of amides is 1. The number of benzene rings is 1. The lowest BCUT2D eigenvalue weighted by atomic mass is 10.1. The van der Waals surface area contributed by atoms with Crippen molar-refractivity contribution in [3.63, 3.8) is 0 Å². The zero-order chi connectivity index (χ0) is 19.0. The largest absolute Gasteiger partial charge is 0.341 e. The van der Waals surface area contributed by atoms with Gasteiger partial charge in [-0.15, -0.1) is 0 Å². The summed E-state index contributed by atoms with van der Waals surface area (Å²) in [6.07, 6.45) is 4.86. The fraction of sp³-hybridized carbons (Fsp3) is 0.400. The maximum absolute atomic E-state index is 13.1. The summed E-state index contributed by atoms with van der Waals surface area (Å²) < 4.78 is 2.94. The smallest absolute Gasteiger partial charge is 0.293 e. The number of rotatable bonds is 3. The fourth-order valence-electron chi connectivity index (χ4n) is 3.68. The Morgan fingerprint density at radius 2 is 1.85 bits per heavy atom. The predicted octanol–water partition coefficient (Wildman–Crippen LogP) is 2.21. The third kappa shape index (κ3) is 3.13. The summed E-state index contributed by atoms with van der Waals surface area (Å²) in [7, 11) is 0. The number of aryl methyl sites for hydroxylation is 2. The number of hydrogen-bond donors (Lipinski definition) is 0. The molecule has 7 nitrogen and oxygen atoms in total. The second-order valence-electron chi connectivity index (χ2n) is 7.09. The first-order valence-corrected chi connectivity index (χ1v) is 9.35. The van der Waals surface area contributed by atoms with E-state index in [-0.39, 0.29) is 18.0 Å². The Bertz CT molecular complexity index is 1060. The van der Waals surface area contributed by atoms with E-state index in [0.29, 0.717) is 16.6 Å². The number of fused-ring (bicyclic) bond motifs is 1. The molecule has 3 heterocycles. The normalized spacial score (nSPS) is 14.7. The van der Waals surface area contributed by atoms with Gasteiger partial charge in [-0.1, -0.05) is 18.2 Å². The van der Waals surface area contributed by atoms with E-state index >= 15 is 0 Å². The molecule has 7 heteroatoms. The van der Waals surface area contributed by atoms with Gasteiger partial charge in [0.2, 0.25) is 5.91 Å². The van der Waals surface area contributed by atoms with Crippen LogP contribution in [0.5, 0.6) is 0 Å². The van der Waals surface area contributed by atoms with Crippen molar-refractivity contribution < 1.29 is 4.79 Å². The van der Waals surface area contributed by atoms with Crippen LogP contribution in [0.25, 0.3) is 16.6 Å². The van der Waals surface area contributed by atoms with Crippen molar-refractivity contribution in [2.75, 3.05) is 13.1 Å². The number of piperidine rings is 1. The van der Waals surface area contributed by atoms with Crippen molar-refractivity contribution in [3.05, 3.63) is 52.1 Å². The molecule has 0 atom stereocenters. The lowest BCUT2D eigenvalue weighted by molar-refractivity contribution is -0.133. The number of carbonyl (C=O) groups is 1. The van der Waals surface area contributed by atoms with Crippen LogP contribution < -0.4 is 5.56 Å². The highest BCUT2D eigenvalue weighted by Gasteiger charge is 2.20. The van der Waals surface area contributed by atoms with Crippen LogP contribution in [0.4, 0.5) is 0 Å². The Labute approximate surface area is 157 Å². The molecule has 2 aromatic heterocycles. The van der Waals surface area contributed by atoms with Crippen molar-refractivity contribution in [2.24, 2.45) is 0 Å². The van der Waals surface area contributed by atoms with Gasteiger partial charge < -0.3 is 4.90 Å². The molecular formula is C20H23N5O2. The van der Waals surface area contributed by atoms with E-state index in [1.165, 1.54) is 4.68 Å². The highest BCUT2D eigenvalue weighted by molar-refractivity contribution is 5.82. The van der Waals surface area contributed by atoms with Crippen LogP contribution in [0.1, 0.15) is 30.5 Å². The lowest BCUT2D eigenvalue weighted by Crippen LogP contribution is -2.40. The fourth-order valence-corrected chi connectivity index (χ4v) is 3.68. The van der Waals surface area contributed by atoms with E-state index in [4.69, 9.17) is 0 Å². The topological polar surface area (TPSA) is 73.0 Å². The minimum Gasteiger partial charge on any atom is -0.341 e. The number of likely N-dealkylation sites (tertiary alicyclic amines) is 1. The molecule has 0 radical (unpaired) electrons. The molecule has 0 bridgehead atoms. The molecule has 27 heavy (non-hydrogen) atoms. The number of hydrogen-bond acceptors (Lipinski definition) is 4. The van der Waals surface area contributed by atoms with Crippen molar-refractivity contribution >= 4 is 16.8 Å². The van der Waals surface area contributed by atoms with Gasteiger partial charge >= 0.3 is 0 Å². The molecule has 1 aromatic carbocycles. The van der Waals surface area contributed by atoms with Gasteiger partial charge in [0.1, 0.15) is 12.1 Å². The Balaban J connectivity index is 1.78. The van der Waals surface area contributed by atoms with Gasteiger partial charge in [-0.2, -0.15) is 10.2 Å². The average molecular weight is 365 g/mol. The lowest BCUT2D eigenvalue weighted by Gasteiger charge is -2.26. The van der Waals surface area contributed by atoms with Crippen LogP contribution >= 0.6 is 0 Å². The minimum atomic E-state index is -0.290. The van der Waals surface area contributed by atoms with Crippen LogP contribution in [-0.2, 0) is 11.3 Å². The van der Waals surface area contributed by atoms with Crippen molar-refractivity contribution in [2.45, 2.75) is 39.7 Å². The van der Waals surface area contributed by atoms with Gasteiger partial charge in [0.15, 0.2) is 0 Å². The molecule has 0 N–H and O–H groups in total. The highest BCUT2D eigenvalue weighted by Crippen LogP contribution is 2.19. The molecule has 3 aromatic rings. The molecule has 4 rings (SSSR count). The summed E-state index contributed by atoms with van der Waals surface area (Å²) >= 11 is 0. The maximum Gasteiger partial charge on any atom is 0.293 e. The predicted molar refractivity (Wildman–Crippen MR) is 103 cm³/mol. The standard InChI is InChI=1S/C20H23N5O2/c1-14-8-4-5-9-17(14)25-19-16(12-21-25)15(2)22-24(20(19)27)13-18(26)23-10-6-3-7-11-23/h4-5,8-9,12H,3,6-7,10-11,13H2,1-2H3. The highest BCUT2D eigenvalue weighted by atomic mass is 16.2. The molecule has 0 aliphatic carbocycles. The number of aromatic nitrogens is 4. The van der Waals surface area contributed by atoms with Gasteiger partial charge in [-0.25, -0.2) is 9.36 Å². The molecular weight excluding hydrogens is 342 g/mol. The zero-order valence-electron chi connectivity index (χ0n) is 15.7. The van der Waals surface area contributed by atoms with Crippen LogP contribution in [0.15, 0.2) is 35.3 Å². The molecule has 1 amide bonds. The van der Waals surface area contributed by atoms with E-state index in [1.807, 2.05) is 43.0 Å². The Hall–Kier alpha value is -2.96. The monoisotopic (exact) mass is 365 g/mol. The van der Waals surface area contributed by atoms with Crippen molar-refractivity contribution in [3.8, 4) is 5.69 Å². The minimum absolute atomic E-state index is 0.0332. The summed E-state index contributed by atoms with van der Waals surface area (Å²) in [5.41, 5.74) is 2.73. The summed E-state index contributed by atoms with van der Waals surface area (Å²) in [4.78, 5) is 27.6.